The molecular formula is C34H29N7O3. The van der Waals surface area contributed by atoms with Gasteiger partial charge in [-0.2, -0.15) is 10.5 Å². The van der Waals surface area contributed by atoms with Crippen LogP contribution in [0.2, 0.25) is 0 Å². The van der Waals surface area contributed by atoms with Crippen molar-refractivity contribution in [3.05, 3.63) is 94.7 Å². The molecule has 5 aromatic rings. The van der Waals surface area contributed by atoms with Crippen LogP contribution in [0.5, 0.6) is 5.75 Å². The van der Waals surface area contributed by atoms with Crippen LogP contribution in [0.4, 0.5) is 17.2 Å². The first-order chi connectivity index (χ1) is 21.3. The van der Waals surface area contributed by atoms with Crippen LogP contribution in [0.15, 0.2) is 66.7 Å². The molecule has 0 bridgehead atoms. The van der Waals surface area contributed by atoms with Crippen LogP contribution in [-0.4, -0.2) is 52.3 Å². The van der Waals surface area contributed by atoms with E-state index < -0.39 is 5.97 Å². The van der Waals surface area contributed by atoms with Crippen LogP contribution in [-0.2, 0) is 0 Å². The van der Waals surface area contributed by atoms with Crippen molar-refractivity contribution in [2.45, 2.75) is 19.9 Å². The Kier molecular flexibility index (Phi) is 7.34. The number of fused-ring (bicyclic) bond motifs is 2. The number of carboxylic acids is 1. The number of nitriles is 2. The van der Waals surface area contributed by atoms with Crippen molar-refractivity contribution >= 4 is 45.0 Å². The summed E-state index contributed by atoms with van der Waals surface area (Å²) in [5.41, 5.74) is 5.47. The molecule has 1 fully saturated rings. The summed E-state index contributed by atoms with van der Waals surface area (Å²) in [5, 5.41) is 44.2. The molecule has 44 heavy (non-hydrogen) atoms. The highest BCUT2D eigenvalue weighted by Gasteiger charge is 2.25. The number of hydrogen-bond acceptors (Lipinski definition) is 9. The monoisotopic (exact) mass is 583 g/mol. The fourth-order valence-electron chi connectivity index (χ4n) is 5.91. The van der Waals surface area contributed by atoms with Gasteiger partial charge in [0.15, 0.2) is 11.5 Å². The van der Waals surface area contributed by atoms with E-state index in [1.54, 1.807) is 42.5 Å². The summed E-state index contributed by atoms with van der Waals surface area (Å²) in [6.45, 7) is 6.39. The van der Waals surface area contributed by atoms with Gasteiger partial charge in [-0.25, -0.2) is 14.8 Å². The number of nitrogens with zero attached hydrogens (tertiary/aromatic N) is 6. The van der Waals surface area contributed by atoms with Gasteiger partial charge < -0.3 is 25.3 Å². The van der Waals surface area contributed by atoms with Crippen LogP contribution in [0.25, 0.3) is 21.8 Å². The van der Waals surface area contributed by atoms with Crippen molar-refractivity contribution in [1.82, 2.24) is 9.97 Å². The molecule has 1 saturated heterocycles. The Balaban J connectivity index is 1.32. The van der Waals surface area contributed by atoms with Crippen molar-refractivity contribution in [3.8, 4) is 17.9 Å². The number of phenols is 1. The highest BCUT2D eigenvalue weighted by Crippen LogP contribution is 2.34. The predicted octanol–water partition coefficient (Wildman–Crippen LogP) is 5.74. The summed E-state index contributed by atoms with van der Waals surface area (Å²) in [4.78, 5) is 25.8. The molecule has 0 saturated carbocycles. The second-order valence-corrected chi connectivity index (χ2v) is 10.9. The molecular weight excluding hydrogens is 554 g/mol. The SMILES string of the molecule is Cc1cc([C@@H](C)Nc2ccccc2C(=O)O)c2nc(N3CCN(c4ccc(C#N)c5cc(O)ccc45)CC3)c(C#N)nc2c1. The minimum absolute atomic E-state index is 0.111. The van der Waals surface area contributed by atoms with Crippen LogP contribution >= 0.6 is 0 Å². The number of carbonyl (C=O) groups is 1. The van der Waals surface area contributed by atoms with Crippen LogP contribution in [0.3, 0.4) is 0 Å². The maximum atomic E-state index is 11.8. The van der Waals surface area contributed by atoms with Crippen molar-refractivity contribution in [2.24, 2.45) is 0 Å². The second kappa shape index (κ2) is 11.4. The van der Waals surface area contributed by atoms with Gasteiger partial charge in [0.05, 0.1) is 34.3 Å². The highest BCUT2D eigenvalue weighted by atomic mass is 16.4. The summed E-state index contributed by atoms with van der Waals surface area (Å²) in [6, 6.07) is 23.6. The zero-order chi connectivity index (χ0) is 31.0. The third-order valence-corrected chi connectivity index (χ3v) is 8.04. The topological polar surface area (TPSA) is 149 Å². The van der Waals surface area contributed by atoms with Gasteiger partial charge in [0.2, 0.25) is 0 Å². The lowest BCUT2D eigenvalue weighted by Crippen LogP contribution is -2.47. The van der Waals surface area contributed by atoms with Gasteiger partial charge in [-0.1, -0.05) is 18.2 Å². The molecule has 0 aliphatic carbocycles. The molecule has 218 valence electrons. The Morgan fingerprint density at radius 2 is 1.68 bits per heavy atom. The highest BCUT2D eigenvalue weighted by molar-refractivity contribution is 5.99. The Morgan fingerprint density at radius 3 is 2.41 bits per heavy atom. The van der Waals surface area contributed by atoms with Gasteiger partial charge in [-0.3, -0.25) is 0 Å². The standard InChI is InChI=1S/C34H29N7O3/c1-20-15-26(21(2)37-28-6-4-3-5-25(28)34(43)44)32-29(16-20)38-30(19-36)33(39-32)41-13-11-40(12-14-41)31-10-7-22(18-35)27-17-23(42)8-9-24(27)31/h3-10,15-17,21,37,42H,11-14H2,1-2H3,(H,43,44)/t21-/m1/s1. The average Bonchev–Trinajstić information content (AvgIpc) is 3.03. The number of aryl methyl sites for hydroxylation is 1. The van der Waals surface area contributed by atoms with Crippen molar-refractivity contribution in [2.75, 3.05) is 41.3 Å². The Bertz CT molecular complexity index is 2020. The molecule has 1 aliphatic heterocycles. The third-order valence-electron chi connectivity index (χ3n) is 8.04. The lowest BCUT2D eigenvalue weighted by Gasteiger charge is -2.37. The molecule has 4 aromatic carbocycles. The van der Waals surface area contributed by atoms with Gasteiger partial charge in [0.1, 0.15) is 11.8 Å². The number of para-hydroxylation sites is 1. The fraction of sp³-hybridized carbons (Fsp3) is 0.206. The lowest BCUT2D eigenvalue weighted by atomic mass is 10.0. The molecule has 6 rings (SSSR count). The Morgan fingerprint density at radius 1 is 0.932 bits per heavy atom. The molecule has 3 N–H and O–H groups in total. The van der Waals surface area contributed by atoms with Crippen LogP contribution in [0, 0.1) is 29.6 Å². The van der Waals surface area contributed by atoms with Crippen LogP contribution in [0.1, 0.15) is 45.7 Å². The normalized spacial score (nSPS) is 13.8. The van der Waals surface area contributed by atoms with E-state index in [4.69, 9.17) is 9.97 Å². The fourth-order valence-corrected chi connectivity index (χ4v) is 5.91. The van der Waals surface area contributed by atoms with Crippen molar-refractivity contribution in [1.29, 1.82) is 10.5 Å². The number of aromatic carboxylic acids is 1. The quantitative estimate of drug-likeness (QED) is 0.226. The van der Waals surface area contributed by atoms with Gasteiger partial charge in [-0.15, -0.1) is 0 Å². The number of hydrogen-bond donors (Lipinski definition) is 3. The minimum atomic E-state index is -1.01. The van der Waals surface area contributed by atoms with E-state index in [9.17, 15) is 25.5 Å². The van der Waals surface area contributed by atoms with Crippen LogP contribution < -0.4 is 15.1 Å². The molecule has 0 amide bonds. The third kappa shape index (κ3) is 5.14. The molecule has 10 heteroatoms. The zero-order valence-electron chi connectivity index (χ0n) is 24.2. The molecule has 0 unspecified atom stereocenters. The zero-order valence-corrected chi connectivity index (χ0v) is 24.2. The number of benzene rings is 4. The summed E-state index contributed by atoms with van der Waals surface area (Å²) in [7, 11) is 0. The van der Waals surface area contributed by atoms with Crippen molar-refractivity contribution < 1.29 is 15.0 Å². The van der Waals surface area contributed by atoms with E-state index in [0.29, 0.717) is 59.7 Å². The number of carboxylic acid groups (broad SMARTS) is 1. The van der Waals surface area contributed by atoms with Gasteiger partial charge >= 0.3 is 5.97 Å². The second-order valence-electron chi connectivity index (χ2n) is 10.9. The number of aromatic hydroxyl groups is 1. The van der Waals surface area contributed by atoms with Crippen molar-refractivity contribution in [3.63, 3.8) is 0 Å². The summed E-state index contributed by atoms with van der Waals surface area (Å²) >= 11 is 0. The summed E-state index contributed by atoms with van der Waals surface area (Å²) in [6.07, 6.45) is 0. The lowest BCUT2D eigenvalue weighted by molar-refractivity contribution is 0.0698. The molecule has 0 radical (unpaired) electrons. The molecule has 10 nitrogen and oxygen atoms in total. The maximum Gasteiger partial charge on any atom is 0.337 e. The van der Waals surface area contributed by atoms with Gasteiger partial charge in [-0.05, 0) is 67.9 Å². The van der Waals surface area contributed by atoms with E-state index >= 15 is 0 Å². The first-order valence-corrected chi connectivity index (χ1v) is 14.2. The first kappa shape index (κ1) is 28.3. The summed E-state index contributed by atoms with van der Waals surface area (Å²) < 4.78 is 0. The van der Waals surface area contributed by atoms with E-state index in [1.165, 1.54) is 0 Å². The van der Waals surface area contributed by atoms with Gasteiger partial charge in [0.25, 0.3) is 0 Å². The summed E-state index contributed by atoms with van der Waals surface area (Å²) in [5.74, 6) is -0.390. The molecule has 2 heterocycles. The number of nitrogens with one attached hydrogen (secondary N) is 1. The van der Waals surface area contributed by atoms with E-state index in [-0.39, 0.29) is 23.0 Å². The smallest absolute Gasteiger partial charge is 0.337 e. The first-order valence-electron chi connectivity index (χ1n) is 14.2. The minimum Gasteiger partial charge on any atom is -0.508 e. The van der Waals surface area contributed by atoms with E-state index in [1.807, 2.05) is 38.1 Å². The largest absolute Gasteiger partial charge is 0.508 e. The Labute approximate surface area is 254 Å². The number of phenolic OH excluding ortho intramolecular Hbond substituents is 1. The number of anilines is 3. The number of piperazine rings is 1. The predicted molar refractivity (Wildman–Crippen MR) is 169 cm³/mol. The van der Waals surface area contributed by atoms with E-state index in [0.717, 1.165) is 22.2 Å². The molecule has 1 aliphatic rings. The number of rotatable bonds is 6. The Hall–Kier alpha value is -5.87. The molecule has 1 aromatic heterocycles. The molecule has 0 spiro atoms. The van der Waals surface area contributed by atoms with E-state index in [2.05, 4.69) is 27.3 Å². The average molecular weight is 584 g/mol. The molecule has 1 atom stereocenters. The maximum absolute atomic E-state index is 11.8. The van der Waals surface area contributed by atoms with Gasteiger partial charge in [0, 0.05) is 53.9 Å². The number of aromatic nitrogens is 2.